The van der Waals surface area contributed by atoms with Crippen molar-refractivity contribution in [1.29, 1.82) is 0 Å². The minimum Gasteiger partial charge on any atom is -0.456 e. The monoisotopic (exact) mass is 578 g/mol. The van der Waals surface area contributed by atoms with Gasteiger partial charge in [0, 0.05) is 22.7 Å². The number of para-hydroxylation sites is 1. The van der Waals surface area contributed by atoms with E-state index in [0.717, 1.165) is 45.1 Å². The van der Waals surface area contributed by atoms with Gasteiger partial charge in [0.15, 0.2) is 6.17 Å². The number of furan rings is 1. The first-order chi connectivity index (χ1) is 22.3. The molecule has 0 fully saturated rings. The third kappa shape index (κ3) is 3.67. The summed E-state index contributed by atoms with van der Waals surface area (Å²) >= 11 is 0. The topological polar surface area (TPSA) is 61.9 Å². The van der Waals surface area contributed by atoms with Crippen LogP contribution in [0.3, 0.4) is 0 Å². The third-order valence-electron chi connectivity index (χ3n) is 9.31. The van der Waals surface area contributed by atoms with E-state index in [2.05, 4.69) is 120 Å². The summed E-state index contributed by atoms with van der Waals surface area (Å²) in [7, 11) is 0. The van der Waals surface area contributed by atoms with Crippen molar-refractivity contribution < 1.29 is 4.42 Å². The molecular weight excluding hydrogens is 552 g/mol. The fraction of sp³-hybridized carbons (Fsp3) is 0.0500. The normalized spacial score (nSPS) is 17.9. The first-order valence-corrected chi connectivity index (χ1v) is 15.3. The Morgan fingerprint density at radius 2 is 1.40 bits per heavy atom. The number of nitrogens with one attached hydrogen (secondary N) is 2. The molecule has 3 heterocycles. The highest BCUT2D eigenvalue weighted by molar-refractivity contribution is 6.20. The minimum atomic E-state index is -0.418. The van der Waals surface area contributed by atoms with Crippen LogP contribution in [-0.4, -0.2) is 11.7 Å². The number of benzene rings is 6. The molecule has 0 radical (unpaired) electrons. The van der Waals surface area contributed by atoms with Crippen LogP contribution >= 0.6 is 0 Å². The molecule has 0 saturated heterocycles. The second-order valence-corrected chi connectivity index (χ2v) is 11.9. The van der Waals surface area contributed by atoms with Crippen LogP contribution in [0.15, 0.2) is 142 Å². The van der Waals surface area contributed by atoms with Crippen molar-refractivity contribution in [2.45, 2.75) is 12.2 Å². The average molecular weight is 579 g/mol. The van der Waals surface area contributed by atoms with E-state index >= 15 is 0 Å². The number of amidine groups is 2. The highest BCUT2D eigenvalue weighted by atomic mass is 16.3. The number of hydrogen-bond acceptors (Lipinski definition) is 5. The maximum atomic E-state index is 6.26. The van der Waals surface area contributed by atoms with E-state index < -0.39 is 6.17 Å². The summed E-state index contributed by atoms with van der Waals surface area (Å²) in [5.41, 5.74) is 9.10. The van der Waals surface area contributed by atoms with Crippen molar-refractivity contribution in [3.63, 3.8) is 0 Å². The quantitative estimate of drug-likeness (QED) is 0.220. The first-order valence-electron chi connectivity index (χ1n) is 15.3. The second-order valence-electron chi connectivity index (χ2n) is 11.9. The molecular formula is C40H26N4O. The Labute approximate surface area is 259 Å². The molecule has 0 spiro atoms. The molecule has 0 saturated carbocycles. The maximum absolute atomic E-state index is 6.26. The van der Waals surface area contributed by atoms with Crippen LogP contribution in [-0.2, 0) is 0 Å². The van der Waals surface area contributed by atoms with E-state index in [4.69, 9.17) is 14.4 Å². The maximum Gasteiger partial charge on any atom is 0.169 e. The lowest BCUT2D eigenvalue weighted by Crippen LogP contribution is -2.43. The van der Waals surface area contributed by atoms with E-state index in [1.54, 1.807) is 0 Å². The largest absolute Gasteiger partial charge is 0.456 e. The van der Waals surface area contributed by atoms with Gasteiger partial charge in [-0.05, 0) is 79.7 Å². The molecule has 10 rings (SSSR count). The molecule has 1 aromatic heterocycles. The predicted octanol–water partition coefficient (Wildman–Crippen LogP) is 9.15. The SMILES string of the molecule is C1=Cc2oc3ccccc3c2C(C2=NC(c3ccc4ccccc4c3)N=C(c3cc4c5c(cccc5c3)-c3ccccc3-4)N2)N1. The van der Waals surface area contributed by atoms with Gasteiger partial charge >= 0.3 is 0 Å². The molecule has 2 atom stereocenters. The molecule has 6 aromatic carbocycles. The lowest BCUT2D eigenvalue weighted by Gasteiger charge is -2.29. The van der Waals surface area contributed by atoms with Crippen molar-refractivity contribution in [3.8, 4) is 22.3 Å². The number of rotatable bonds is 3. The van der Waals surface area contributed by atoms with Crippen LogP contribution in [0.4, 0.5) is 0 Å². The molecule has 1 aliphatic carbocycles. The molecule has 0 bridgehead atoms. The summed E-state index contributed by atoms with van der Waals surface area (Å²) < 4.78 is 6.26. The van der Waals surface area contributed by atoms with Crippen molar-refractivity contribution >= 4 is 50.3 Å². The number of nitrogens with zero attached hydrogens (tertiary/aromatic N) is 2. The molecule has 2 unspecified atom stereocenters. The standard InChI is InChI=1S/C40H26N4O/c1-2-9-24-20-26(17-16-23(24)8-1)38-42-39(27-21-25-10-7-14-30-28-11-3-4-12-29(28)32(22-27)35(25)30)44-40(43-38)37-36-31-13-5-6-15-33(31)45-34(36)18-19-41-37/h1-22,37-38,41H,(H,42,43,44). The molecule has 3 aliphatic rings. The number of aliphatic imine (C=N–C) groups is 2. The van der Waals surface area contributed by atoms with Crippen LogP contribution < -0.4 is 10.6 Å². The van der Waals surface area contributed by atoms with E-state index in [9.17, 15) is 0 Å². The van der Waals surface area contributed by atoms with Crippen LogP contribution in [0.25, 0.3) is 60.8 Å². The number of hydrogen-bond donors (Lipinski definition) is 2. The average Bonchev–Trinajstić information content (AvgIpc) is 3.65. The highest BCUT2D eigenvalue weighted by Crippen LogP contribution is 2.47. The highest BCUT2D eigenvalue weighted by Gasteiger charge is 2.32. The lowest BCUT2D eigenvalue weighted by molar-refractivity contribution is 0.585. The van der Waals surface area contributed by atoms with Crippen LogP contribution in [0.5, 0.6) is 0 Å². The first kappa shape index (κ1) is 24.5. The summed E-state index contributed by atoms with van der Waals surface area (Å²) in [5.74, 6) is 2.46. The molecule has 212 valence electrons. The van der Waals surface area contributed by atoms with E-state index in [-0.39, 0.29) is 6.04 Å². The van der Waals surface area contributed by atoms with Gasteiger partial charge in [0.25, 0.3) is 0 Å². The second kappa shape index (κ2) is 9.28. The van der Waals surface area contributed by atoms with Crippen LogP contribution in [0, 0.1) is 0 Å². The molecule has 0 amide bonds. The predicted molar refractivity (Wildman–Crippen MR) is 183 cm³/mol. The van der Waals surface area contributed by atoms with Crippen molar-refractivity contribution in [2.75, 3.05) is 0 Å². The number of fused-ring (bicyclic) bond motifs is 7. The smallest absolute Gasteiger partial charge is 0.169 e. The Morgan fingerprint density at radius 3 is 2.33 bits per heavy atom. The summed E-state index contributed by atoms with van der Waals surface area (Å²) in [5, 5.41) is 13.2. The van der Waals surface area contributed by atoms with Gasteiger partial charge in [-0.25, -0.2) is 9.98 Å². The van der Waals surface area contributed by atoms with Crippen LogP contribution in [0.2, 0.25) is 0 Å². The third-order valence-corrected chi connectivity index (χ3v) is 9.31. The molecule has 5 nitrogen and oxygen atoms in total. The Balaban J connectivity index is 1.16. The zero-order valence-corrected chi connectivity index (χ0v) is 24.2. The molecule has 2 aliphatic heterocycles. The van der Waals surface area contributed by atoms with Gasteiger partial charge < -0.3 is 15.1 Å². The van der Waals surface area contributed by atoms with Gasteiger partial charge in [-0.2, -0.15) is 0 Å². The molecule has 7 aromatic rings. The fourth-order valence-corrected chi connectivity index (χ4v) is 7.26. The van der Waals surface area contributed by atoms with Gasteiger partial charge in [-0.15, -0.1) is 0 Å². The summed E-state index contributed by atoms with van der Waals surface area (Å²) in [4.78, 5) is 10.6. The van der Waals surface area contributed by atoms with Gasteiger partial charge in [0.1, 0.15) is 29.1 Å². The van der Waals surface area contributed by atoms with Crippen LogP contribution in [0.1, 0.15) is 34.7 Å². The Kier molecular flexibility index (Phi) is 5.05. The van der Waals surface area contributed by atoms with Gasteiger partial charge in [0.05, 0.1) is 0 Å². The van der Waals surface area contributed by atoms with Gasteiger partial charge in [0.2, 0.25) is 0 Å². The Hall–Kier alpha value is -5.94. The molecule has 5 heteroatoms. The van der Waals surface area contributed by atoms with E-state index in [1.807, 2.05) is 24.4 Å². The summed E-state index contributed by atoms with van der Waals surface area (Å²) in [6, 6.07) is 42.7. The summed E-state index contributed by atoms with van der Waals surface area (Å²) in [6.45, 7) is 0. The zero-order chi connectivity index (χ0) is 29.5. The van der Waals surface area contributed by atoms with E-state index in [0.29, 0.717) is 0 Å². The van der Waals surface area contributed by atoms with E-state index in [1.165, 1.54) is 43.8 Å². The van der Waals surface area contributed by atoms with Gasteiger partial charge in [-0.3, -0.25) is 0 Å². The fourth-order valence-electron chi connectivity index (χ4n) is 7.26. The zero-order valence-electron chi connectivity index (χ0n) is 24.2. The van der Waals surface area contributed by atoms with Crippen molar-refractivity contribution in [1.82, 2.24) is 10.6 Å². The molecule has 45 heavy (non-hydrogen) atoms. The molecule has 2 N–H and O–H groups in total. The Morgan fingerprint density at radius 1 is 0.622 bits per heavy atom. The minimum absolute atomic E-state index is 0.231. The van der Waals surface area contributed by atoms with Crippen molar-refractivity contribution in [2.24, 2.45) is 9.98 Å². The Bertz CT molecular complexity index is 2470. The summed E-state index contributed by atoms with van der Waals surface area (Å²) in [6.07, 6.45) is 3.52. The lowest BCUT2D eigenvalue weighted by atomic mass is 9.97. The van der Waals surface area contributed by atoms with Crippen molar-refractivity contribution in [3.05, 3.63) is 150 Å². The van der Waals surface area contributed by atoms with Gasteiger partial charge in [-0.1, -0.05) is 97.1 Å².